The Kier molecular flexibility index (Phi) is 5.75. The molecule has 0 bridgehead atoms. The van der Waals surface area contributed by atoms with Crippen LogP contribution in [0.4, 0.5) is 0 Å². The van der Waals surface area contributed by atoms with Crippen molar-refractivity contribution in [1.29, 1.82) is 0 Å². The number of nitrogens with zero attached hydrogens (tertiary/aromatic N) is 3. The molecule has 0 saturated carbocycles. The molecule has 0 fully saturated rings. The van der Waals surface area contributed by atoms with Gasteiger partial charge in [0, 0.05) is 19.0 Å². The monoisotopic (exact) mass is 401 g/mol. The molecule has 0 radical (unpaired) electrons. The quantitative estimate of drug-likeness (QED) is 0.456. The molecule has 30 heavy (non-hydrogen) atoms. The van der Waals surface area contributed by atoms with Crippen LogP contribution in [0.2, 0.25) is 0 Å². The molecule has 1 aromatic heterocycles. The third-order valence-corrected chi connectivity index (χ3v) is 5.10. The van der Waals surface area contributed by atoms with Crippen molar-refractivity contribution >= 4 is 16.7 Å². The molecule has 6 heteroatoms. The van der Waals surface area contributed by atoms with Crippen molar-refractivity contribution < 1.29 is 14.1 Å². The van der Waals surface area contributed by atoms with Gasteiger partial charge in [0.25, 0.3) is 0 Å². The summed E-state index contributed by atoms with van der Waals surface area (Å²) in [6.07, 6.45) is 1.11. The number of ether oxygens (including phenoxy) is 1. The van der Waals surface area contributed by atoms with E-state index in [-0.39, 0.29) is 12.5 Å². The molecule has 4 rings (SSSR count). The minimum absolute atomic E-state index is 0.0344. The Morgan fingerprint density at radius 1 is 1.03 bits per heavy atom. The van der Waals surface area contributed by atoms with Crippen molar-refractivity contribution in [2.75, 3.05) is 14.2 Å². The van der Waals surface area contributed by atoms with Crippen LogP contribution < -0.4 is 4.74 Å². The van der Waals surface area contributed by atoms with Crippen LogP contribution >= 0.6 is 0 Å². The zero-order chi connectivity index (χ0) is 20.9. The van der Waals surface area contributed by atoms with Gasteiger partial charge < -0.3 is 14.2 Å². The summed E-state index contributed by atoms with van der Waals surface area (Å²) in [5.74, 6) is 1.69. The first kappa shape index (κ1) is 19.6. The number of fused-ring (bicyclic) bond motifs is 1. The van der Waals surface area contributed by atoms with E-state index in [2.05, 4.69) is 34.4 Å². The molecule has 0 atom stereocenters. The largest absolute Gasteiger partial charge is 0.497 e. The Bertz CT molecular complexity index is 1150. The Hall–Kier alpha value is -3.67. The summed E-state index contributed by atoms with van der Waals surface area (Å²) in [7, 11) is 3.37. The van der Waals surface area contributed by atoms with Gasteiger partial charge in [0.1, 0.15) is 5.75 Å². The van der Waals surface area contributed by atoms with Crippen LogP contribution in [-0.2, 0) is 17.8 Å². The Morgan fingerprint density at radius 3 is 2.60 bits per heavy atom. The number of aromatic nitrogens is 2. The SMILES string of the molecule is COc1ccc(-c2noc(CN(C)C(=O)CCc3cccc4ccccc34)n2)cc1. The van der Waals surface area contributed by atoms with E-state index in [1.54, 1.807) is 19.1 Å². The number of amides is 1. The molecule has 1 heterocycles. The van der Waals surface area contributed by atoms with Crippen LogP contribution in [0.3, 0.4) is 0 Å². The predicted molar refractivity (Wildman–Crippen MR) is 115 cm³/mol. The zero-order valence-electron chi connectivity index (χ0n) is 17.0. The molecule has 3 aromatic carbocycles. The lowest BCUT2D eigenvalue weighted by molar-refractivity contribution is -0.130. The maximum Gasteiger partial charge on any atom is 0.246 e. The predicted octanol–water partition coefficient (Wildman–Crippen LogP) is 4.49. The number of carbonyl (C=O) groups is 1. The summed E-state index contributed by atoms with van der Waals surface area (Å²) in [6, 6.07) is 21.8. The van der Waals surface area contributed by atoms with E-state index in [1.807, 2.05) is 42.5 Å². The second-order valence-corrected chi connectivity index (χ2v) is 7.13. The zero-order valence-corrected chi connectivity index (χ0v) is 17.0. The van der Waals surface area contributed by atoms with Crippen LogP contribution in [-0.4, -0.2) is 35.1 Å². The Balaban J connectivity index is 1.37. The fourth-order valence-corrected chi connectivity index (χ4v) is 3.41. The minimum atomic E-state index is 0.0344. The normalized spacial score (nSPS) is 10.9. The van der Waals surface area contributed by atoms with E-state index in [9.17, 15) is 4.79 Å². The van der Waals surface area contributed by atoms with E-state index < -0.39 is 0 Å². The third kappa shape index (κ3) is 4.33. The van der Waals surface area contributed by atoms with Gasteiger partial charge in [0.05, 0.1) is 13.7 Å². The fraction of sp³-hybridized carbons (Fsp3) is 0.208. The van der Waals surface area contributed by atoms with E-state index in [0.29, 0.717) is 24.6 Å². The van der Waals surface area contributed by atoms with Crippen LogP contribution in [0.5, 0.6) is 5.75 Å². The number of hydrogen-bond acceptors (Lipinski definition) is 5. The first-order valence-electron chi connectivity index (χ1n) is 9.81. The van der Waals surface area contributed by atoms with Crippen LogP contribution in [0.15, 0.2) is 71.3 Å². The Morgan fingerprint density at radius 2 is 1.80 bits per heavy atom. The number of hydrogen-bond donors (Lipinski definition) is 0. The van der Waals surface area contributed by atoms with Gasteiger partial charge in [0.15, 0.2) is 0 Å². The fourth-order valence-electron chi connectivity index (χ4n) is 3.41. The number of methoxy groups -OCH3 is 1. The molecule has 0 unspecified atom stereocenters. The molecule has 4 aromatic rings. The standard InChI is InChI=1S/C24H23N3O3/c1-27(16-22-25-24(26-30-22)19-10-13-20(29-2)14-11-19)23(28)15-12-18-8-5-7-17-6-3-4-9-21(17)18/h3-11,13-14H,12,15-16H2,1-2H3. The molecule has 0 aliphatic rings. The van der Waals surface area contributed by atoms with Gasteiger partial charge in [0.2, 0.25) is 17.6 Å². The van der Waals surface area contributed by atoms with Crippen LogP contribution in [0.1, 0.15) is 17.9 Å². The lowest BCUT2D eigenvalue weighted by Crippen LogP contribution is -2.26. The van der Waals surface area contributed by atoms with Gasteiger partial charge >= 0.3 is 0 Å². The van der Waals surface area contributed by atoms with E-state index >= 15 is 0 Å². The smallest absolute Gasteiger partial charge is 0.246 e. The summed E-state index contributed by atoms with van der Waals surface area (Å²) >= 11 is 0. The van der Waals surface area contributed by atoms with Gasteiger partial charge in [-0.1, -0.05) is 47.6 Å². The topological polar surface area (TPSA) is 68.5 Å². The van der Waals surface area contributed by atoms with Crippen molar-refractivity contribution in [3.8, 4) is 17.1 Å². The molecule has 0 N–H and O–H groups in total. The highest BCUT2D eigenvalue weighted by Crippen LogP contribution is 2.21. The van der Waals surface area contributed by atoms with Gasteiger partial charge in [-0.2, -0.15) is 4.98 Å². The second kappa shape index (κ2) is 8.78. The summed E-state index contributed by atoms with van der Waals surface area (Å²) in [4.78, 5) is 18.7. The van der Waals surface area contributed by atoms with Crippen molar-refractivity contribution in [3.63, 3.8) is 0 Å². The lowest BCUT2D eigenvalue weighted by atomic mass is 10.0. The second-order valence-electron chi connectivity index (χ2n) is 7.13. The van der Waals surface area contributed by atoms with Crippen molar-refractivity contribution in [2.45, 2.75) is 19.4 Å². The molecular formula is C24H23N3O3. The van der Waals surface area contributed by atoms with Crippen molar-refractivity contribution in [1.82, 2.24) is 15.0 Å². The first-order valence-corrected chi connectivity index (χ1v) is 9.81. The maximum atomic E-state index is 12.6. The van der Waals surface area contributed by atoms with Crippen LogP contribution in [0, 0.1) is 0 Å². The van der Waals surface area contributed by atoms with E-state index in [4.69, 9.17) is 9.26 Å². The lowest BCUT2D eigenvalue weighted by Gasteiger charge is -2.15. The molecule has 152 valence electrons. The maximum absolute atomic E-state index is 12.6. The molecule has 0 spiro atoms. The number of benzene rings is 3. The highest BCUT2D eigenvalue weighted by atomic mass is 16.5. The number of carbonyl (C=O) groups excluding carboxylic acids is 1. The minimum Gasteiger partial charge on any atom is -0.497 e. The summed E-state index contributed by atoms with van der Waals surface area (Å²) in [5.41, 5.74) is 2.00. The third-order valence-electron chi connectivity index (χ3n) is 5.10. The van der Waals surface area contributed by atoms with E-state index in [0.717, 1.165) is 11.3 Å². The molecule has 1 amide bonds. The van der Waals surface area contributed by atoms with Crippen molar-refractivity contribution in [2.24, 2.45) is 0 Å². The van der Waals surface area contributed by atoms with Gasteiger partial charge in [-0.3, -0.25) is 4.79 Å². The Labute approximate surface area is 175 Å². The average molecular weight is 401 g/mol. The highest BCUT2D eigenvalue weighted by Gasteiger charge is 2.15. The highest BCUT2D eigenvalue weighted by molar-refractivity contribution is 5.86. The number of aryl methyl sites for hydroxylation is 1. The number of rotatable bonds is 7. The summed E-state index contributed by atoms with van der Waals surface area (Å²) in [5, 5.41) is 6.40. The molecular weight excluding hydrogens is 378 g/mol. The summed E-state index contributed by atoms with van der Waals surface area (Å²) in [6.45, 7) is 0.275. The first-order chi connectivity index (χ1) is 14.6. The van der Waals surface area contributed by atoms with E-state index in [1.165, 1.54) is 16.3 Å². The molecule has 0 aliphatic carbocycles. The summed E-state index contributed by atoms with van der Waals surface area (Å²) < 4.78 is 10.5. The van der Waals surface area contributed by atoms with Gasteiger partial charge in [-0.15, -0.1) is 0 Å². The molecule has 0 saturated heterocycles. The van der Waals surface area contributed by atoms with Crippen molar-refractivity contribution in [3.05, 3.63) is 78.2 Å². The molecule has 6 nitrogen and oxygen atoms in total. The average Bonchev–Trinajstić information content (AvgIpc) is 3.25. The molecule has 0 aliphatic heterocycles. The van der Waals surface area contributed by atoms with Gasteiger partial charge in [-0.05, 0) is 47.0 Å². The van der Waals surface area contributed by atoms with Crippen LogP contribution in [0.25, 0.3) is 22.2 Å². The van der Waals surface area contributed by atoms with Gasteiger partial charge in [-0.25, -0.2) is 0 Å².